The normalized spacial score (nSPS) is 12.5. The number of nitrogens with zero attached hydrogens (tertiary/aromatic N) is 2. The number of hydrogen-bond acceptors (Lipinski definition) is 2. The van der Waals surface area contributed by atoms with Crippen LogP contribution in [0, 0.1) is 23.3 Å². The molecule has 2 nitrogen and oxygen atoms in total. The molecule has 0 heterocycles. The standard InChI is InChI=1S/C50H34F4N2/c51-36-11-19-40(20-12-36)55(41-21-13-37(52)14-22-41)44-27-29-46-47-30-28-45(56(42-23-15-38(53)16-24-42)43-25-17-39(54)18-26-43)32-49(47)50(48(46)31-44,35-9-5-2-6-10-35)33-34-7-3-1-4-8-34/h1-32H,33H2. The van der Waals surface area contributed by atoms with Crippen molar-refractivity contribution in [2.75, 3.05) is 9.80 Å². The van der Waals surface area contributed by atoms with E-state index in [0.29, 0.717) is 6.42 Å². The molecule has 8 aromatic rings. The molecule has 0 radical (unpaired) electrons. The van der Waals surface area contributed by atoms with E-state index in [1.165, 1.54) is 48.5 Å². The van der Waals surface area contributed by atoms with E-state index in [0.717, 1.165) is 67.5 Å². The fraction of sp³-hybridized carbons (Fsp3) is 0.0400. The Morgan fingerprint density at radius 2 is 0.661 bits per heavy atom. The first-order chi connectivity index (χ1) is 27.4. The lowest BCUT2D eigenvalue weighted by atomic mass is 9.68. The zero-order chi connectivity index (χ0) is 38.2. The van der Waals surface area contributed by atoms with E-state index in [9.17, 15) is 17.6 Å². The molecule has 0 bridgehead atoms. The maximum absolute atomic E-state index is 14.3. The molecule has 0 spiro atoms. The number of benzene rings is 8. The van der Waals surface area contributed by atoms with Crippen molar-refractivity contribution in [3.63, 3.8) is 0 Å². The van der Waals surface area contributed by atoms with E-state index in [2.05, 4.69) is 72.8 Å². The van der Waals surface area contributed by atoms with E-state index in [1.54, 1.807) is 48.5 Å². The third-order valence-corrected chi connectivity index (χ3v) is 10.7. The van der Waals surface area contributed by atoms with Crippen LogP contribution in [-0.4, -0.2) is 0 Å². The van der Waals surface area contributed by atoms with Gasteiger partial charge in [0.25, 0.3) is 0 Å². The predicted octanol–water partition coefficient (Wildman–Crippen LogP) is 13.7. The second-order valence-electron chi connectivity index (χ2n) is 14.0. The van der Waals surface area contributed by atoms with E-state index < -0.39 is 5.41 Å². The summed E-state index contributed by atoms with van der Waals surface area (Å²) >= 11 is 0. The maximum Gasteiger partial charge on any atom is 0.123 e. The molecule has 0 unspecified atom stereocenters. The van der Waals surface area contributed by atoms with Crippen molar-refractivity contribution in [2.45, 2.75) is 11.8 Å². The average molecular weight is 739 g/mol. The molecule has 9 rings (SSSR count). The second-order valence-corrected chi connectivity index (χ2v) is 14.0. The monoisotopic (exact) mass is 738 g/mol. The van der Waals surface area contributed by atoms with Gasteiger partial charge >= 0.3 is 0 Å². The summed E-state index contributed by atoms with van der Waals surface area (Å²) in [5.41, 5.74) is 10.3. The number of hydrogen-bond donors (Lipinski definition) is 0. The molecule has 1 aliphatic rings. The third-order valence-electron chi connectivity index (χ3n) is 10.7. The minimum absolute atomic E-state index is 0.353. The highest BCUT2D eigenvalue weighted by molar-refractivity contribution is 5.90. The van der Waals surface area contributed by atoms with Gasteiger partial charge in [-0.05, 0) is 161 Å². The number of halogens is 4. The Bertz CT molecular complexity index is 2390. The SMILES string of the molecule is Fc1ccc(N(c2ccc(F)cc2)c2ccc3c(c2)C(Cc2ccccc2)(c2ccccc2)c2cc(N(c4ccc(F)cc4)c4ccc(F)cc4)ccc2-3)cc1. The first-order valence-corrected chi connectivity index (χ1v) is 18.4. The molecule has 56 heavy (non-hydrogen) atoms. The van der Waals surface area contributed by atoms with Crippen molar-refractivity contribution in [1.29, 1.82) is 0 Å². The largest absolute Gasteiger partial charge is 0.310 e. The Balaban J connectivity index is 1.31. The van der Waals surface area contributed by atoms with Crippen LogP contribution in [0.15, 0.2) is 194 Å². The highest BCUT2D eigenvalue weighted by Gasteiger charge is 2.45. The molecule has 6 heteroatoms. The Labute approximate surface area is 323 Å². The van der Waals surface area contributed by atoms with Gasteiger partial charge in [-0.15, -0.1) is 0 Å². The fourth-order valence-electron chi connectivity index (χ4n) is 8.15. The van der Waals surface area contributed by atoms with Gasteiger partial charge in [0.05, 0.1) is 5.41 Å². The van der Waals surface area contributed by atoms with E-state index in [1.807, 2.05) is 34.1 Å². The van der Waals surface area contributed by atoms with Gasteiger partial charge in [-0.2, -0.15) is 0 Å². The van der Waals surface area contributed by atoms with E-state index in [4.69, 9.17) is 0 Å². The van der Waals surface area contributed by atoms with Crippen molar-refractivity contribution in [1.82, 2.24) is 0 Å². The number of rotatable bonds is 9. The number of anilines is 6. The van der Waals surface area contributed by atoms with Gasteiger partial charge in [0.1, 0.15) is 23.3 Å². The summed E-state index contributed by atoms with van der Waals surface area (Å²) in [6.45, 7) is 0. The van der Waals surface area contributed by atoms with Gasteiger partial charge in [0, 0.05) is 34.1 Å². The summed E-state index contributed by atoms with van der Waals surface area (Å²) in [6, 6.07) is 58.8. The van der Waals surface area contributed by atoms with Crippen LogP contribution >= 0.6 is 0 Å². The topological polar surface area (TPSA) is 6.48 Å². The molecule has 0 atom stereocenters. The summed E-state index contributed by atoms with van der Waals surface area (Å²) in [4.78, 5) is 4.02. The first kappa shape index (κ1) is 34.8. The fourth-order valence-corrected chi connectivity index (χ4v) is 8.15. The van der Waals surface area contributed by atoms with Crippen LogP contribution in [0.1, 0.15) is 22.3 Å². The zero-order valence-electron chi connectivity index (χ0n) is 30.1. The molecule has 0 aliphatic heterocycles. The predicted molar refractivity (Wildman–Crippen MR) is 218 cm³/mol. The maximum atomic E-state index is 14.3. The lowest BCUT2D eigenvalue weighted by Gasteiger charge is -2.35. The highest BCUT2D eigenvalue weighted by atomic mass is 19.1. The molecule has 0 saturated heterocycles. The van der Waals surface area contributed by atoms with Gasteiger partial charge in [-0.3, -0.25) is 0 Å². The minimum atomic E-state index is -0.714. The number of fused-ring (bicyclic) bond motifs is 3. The van der Waals surface area contributed by atoms with Crippen LogP contribution < -0.4 is 9.80 Å². The van der Waals surface area contributed by atoms with Crippen LogP contribution in [0.25, 0.3) is 11.1 Å². The zero-order valence-corrected chi connectivity index (χ0v) is 30.1. The Morgan fingerprint density at radius 1 is 0.339 bits per heavy atom. The van der Waals surface area contributed by atoms with Crippen LogP contribution in [-0.2, 0) is 11.8 Å². The smallest absolute Gasteiger partial charge is 0.123 e. The van der Waals surface area contributed by atoms with E-state index in [-0.39, 0.29) is 23.3 Å². The molecule has 272 valence electrons. The molecule has 0 amide bonds. The lowest BCUT2D eigenvalue weighted by Crippen LogP contribution is -2.30. The van der Waals surface area contributed by atoms with Crippen LogP contribution in [0.4, 0.5) is 51.7 Å². The summed E-state index contributed by atoms with van der Waals surface area (Å²) < 4.78 is 57.1. The van der Waals surface area contributed by atoms with Gasteiger partial charge < -0.3 is 9.80 Å². The molecule has 8 aromatic carbocycles. The molecule has 0 saturated carbocycles. The minimum Gasteiger partial charge on any atom is -0.310 e. The van der Waals surface area contributed by atoms with Crippen molar-refractivity contribution < 1.29 is 17.6 Å². The van der Waals surface area contributed by atoms with Crippen molar-refractivity contribution >= 4 is 34.1 Å². The van der Waals surface area contributed by atoms with Crippen molar-refractivity contribution in [3.8, 4) is 11.1 Å². The molecular formula is C50H34F4N2. The third kappa shape index (κ3) is 6.29. The summed E-state index contributed by atoms with van der Waals surface area (Å²) in [7, 11) is 0. The molecule has 0 aromatic heterocycles. The van der Waals surface area contributed by atoms with Crippen LogP contribution in [0.3, 0.4) is 0 Å². The molecule has 0 fully saturated rings. The van der Waals surface area contributed by atoms with Gasteiger partial charge in [0.2, 0.25) is 0 Å². The van der Waals surface area contributed by atoms with E-state index >= 15 is 0 Å². The Morgan fingerprint density at radius 3 is 1.02 bits per heavy atom. The molecule has 0 N–H and O–H groups in total. The Hall–Kier alpha value is -6.92. The van der Waals surface area contributed by atoms with Gasteiger partial charge in [-0.1, -0.05) is 72.8 Å². The summed E-state index contributed by atoms with van der Waals surface area (Å²) in [5.74, 6) is -1.41. The van der Waals surface area contributed by atoms with Crippen molar-refractivity contribution in [2.24, 2.45) is 0 Å². The van der Waals surface area contributed by atoms with Crippen LogP contribution in [0.5, 0.6) is 0 Å². The van der Waals surface area contributed by atoms with Crippen molar-refractivity contribution in [3.05, 3.63) is 240 Å². The average Bonchev–Trinajstić information content (AvgIpc) is 3.50. The highest BCUT2D eigenvalue weighted by Crippen LogP contribution is 2.57. The summed E-state index contributed by atoms with van der Waals surface area (Å²) in [5, 5.41) is 0. The summed E-state index contributed by atoms with van der Waals surface area (Å²) in [6.07, 6.45) is 0.616. The lowest BCUT2D eigenvalue weighted by molar-refractivity contribution is 0.627. The van der Waals surface area contributed by atoms with Gasteiger partial charge in [-0.25, -0.2) is 17.6 Å². The Kier molecular flexibility index (Phi) is 8.94. The molecule has 1 aliphatic carbocycles. The molecular weight excluding hydrogens is 705 g/mol. The first-order valence-electron chi connectivity index (χ1n) is 18.4. The van der Waals surface area contributed by atoms with Gasteiger partial charge in [0.15, 0.2) is 0 Å². The quantitative estimate of drug-likeness (QED) is 0.136. The second kappa shape index (κ2) is 14.4. The van der Waals surface area contributed by atoms with Crippen LogP contribution in [0.2, 0.25) is 0 Å².